The number of hydrogen-bond donors (Lipinski definition) is 4. The Morgan fingerprint density at radius 3 is 1.10 bits per heavy atom. The first kappa shape index (κ1) is 54.4. The minimum atomic E-state index is -1.23. The van der Waals surface area contributed by atoms with Gasteiger partial charge in [-0.15, -0.1) is 0 Å². The Hall–Kier alpha value is -5.34. The van der Waals surface area contributed by atoms with Crippen LogP contribution in [0.5, 0.6) is 0 Å². The fourth-order valence-electron chi connectivity index (χ4n) is 9.34. The number of piperidine rings is 2. The maximum atomic E-state index is 13.3. The molecule has 14 heteroatoms. The van der Waals surface area contributed by atoms with Gasteiger partial charge in [0.15, 0.2) is 0 Å². The Labute approximate surface area is 440 Å². The third-order valence-electron chi connectivity index (χ3n) is 13.5. The first-order chi connectivity index (χ1) is 34.3. The first-order valence-corrected chi connectivity index (χ1v) is 27.5. The molecule has 2 saturated heterocycles. The minimum absolute atomic E-state index is 0.0755. The molecule has 0 amide bonds. The van der Waals surface area contributed by atoms with Gasteiger partial charge in [-0.3, -0.25) is 0 Å². The first-order valence-electron chi connectivity index (χ1n) is 24.5. The van der Waals surface area contributed by atoms with Gasteiger partial charge >= 0.3 is 11.9 Å². The molecule has 8 rings (SSSR count). The molecule has 2 unspecified atom stereocenters. The lowest BCUT2D eigenvalue weighted by molar-refractivity contribution is 0.0686. The molecule has 4 N–H and O–H groups in total. The zero-order valence-corrected chi connectivity index (χ0v) is 45.0. The Bertz CT molecular complexity index is 2620. The summed E-state index contributed by atoms with van der Waals surface area (Å²) in [4.78, 5) is 27.0. The summed E-state index contributed by atoms with van der Waals surface area (Å²) in [6.07, 6.45) is 3.70. The smallest absolute Gasteiger partial charge is 0.335 e. The van der Waals surface area contributed by atoms with Crippen LogP contribution in [-0.4, -0.2) is 66.2 Å². The van der Waals surface area contributed by atoms with Gasteiger partial charge in [0, 0.05) is 59.7 Å². The second kappa shape index (κ2) is 24.1. The second-order valence-corrected chi connectivity index (χ2v) is 25.4. The molecule has 380 valence electrons. The van der Waals surface area contributed by atoms with E-state index in [1.54, 1.807) is 24.3 Å². The van der Waals surface area contributed by atoms with Crippen molar-refractivity contribution in [2.24, 2.45) is 11.8 Å². The molecule has 6 aromatic rings. The van der Waals surface area contributed by atoms with Gasteiger partial charge in [0.05, 0.1) is 42.6 Å². The molecule has 2 fully saturated rings. The van der Waals surface area contributed by atoms with E-state index in [4.69, 9.17) is 23.2 Å². The molecule has 72 heavy (non-hydrogen) atoms. The number of rotatable bonds is 14. The lowest BCUT2D eigenvalue weighted by atomic mass is 9.83. The maximum Gasteiger partial charge on any atom is 0.335 e. The highest BCUT2D eigenvalue weighted by Crippen LogP contribution is 2.40. The average Bonchev–Trinajstić information content (AvgIpc) is 3.37. The highest BCUT2D eigenvalue weighted by molar-refractivity contribution is 7.84. The van der Waals surface area contributed by atoms with Crippen molar-refractivity contribution in [1.29, 1.82) is 0 Å². The van der Waals surface area contributed by atoms with Crippen LogP contribution in [0.4, 0.5) is 11.4 Å². The van der Waals surface area contributed by atoms with Gasteiger partial charge in [-0.2, -0.15) is 0 Å². The number of carboxylic acid groups (broad SMARTS) is 2. The molecule has 0 radical (unpaired) electrons. The van der Waals surface area contributed by atoms with E-state index in [1.165, 1.54) is 0 Å². The van der Waals surface area contributed by atoms with Crippen molar-refractivity contribution in [1.82, 2.24) is 9.44 Å². The normalized spacial score (nSPS) is 16.5. The number of halogens is 2. The summed E-state index contributed by atoms with van der Waals surface area (Å²) in [7, 11) is -2.46. The molecule has 0 saturated carbocycles. The van der Waals surface area contributed by atoms with E-state index in [2.05, 4.69) is 43.5 Å². The lowest BCUT2D eigenvalue weighted by Crippen LogP contribution is -2.42. The number of carbonyl (C=O) groups is 2. The molecule has 2 aliphatic heterocycles. The van der Waals surface area contributed by atoms with Crippen LogP contribution in [0, 0.1) is 11.8 Å². The van der Waals surface area contributed by atoms with Crippen molar-refractivity contribution >= 4 is 68.5 Å². The third-order valence-corrected chi connectivity index (χ3v) is 17.1. The summed E-state index contributed by atoms with van der Waals surface area (Å²) in [6.45, 7) is 15.3. The Balaban J connectivity index is 0.000000211. The van der Waals surface area contributed by atoms with E-state index in [-0.39, 0.29) is 21.6 Å². The van der Waals surface area contributed by atoms with Crippen LogP contribution in [0.3, 0.4) is 0 Å². The maximum absolute atomic E-state index is 13.3. The number of benzene rings is 6. The summed E-state index contributed by atoms with van der Waals surface area (Å²) in [5, 5.41) is 19.8. The number of carboxylic acids is 2. The number of nitrogens with zero attached hydrogens (tertiary/aromatic N) is 2. The SMILES string of the molecule is CC(C)(C)S(=O)N[C@@H](c1ccccc1-c1ccc(Cl)cc1)C1CCN(c2ccc(C(=O)O)cc2)CC1.CC(C)(C)S(=O)N[C@H](c1ccccc1-c1ccc(Cl)cc1)C1CCN(c2ccc(C(=O)O)cc2)CC1. The van der Waals surface area contributed by atoms with E-state index in [9.17, 15) is 28.2 Å². The van der Waals surface area contributed by atoms with E-state index in [0.717, 1.165) is 96.6 Å². The number of anilines is 2. The largest absolute Gasteiger partial charge is 0.478 e. The predicted octanol–water partition coefficient (Wildman–Crippen LogP) is 13.4. The minimum Gasteiger partial charge on any atom is -0.478 e. The highest BCUT2D eigenvalue weighted by atomic mass is 35.5. The van der Waals surface area contributed by atoms with Crippen LogP contribution in [0.15, 0.2) is 146 Å². The Morgan fingerprint density at radius 2 is 0.806 bits per heavy atom. The van der Waals surface area contributed by atoms with Crippen LogP contribution in [0.2, 0.25) is 10.0 Å². The fraction of sp³-hybridized carbons (Fsp3) is 0.345. The molecule has 2 heterocycles. The van der Waals surface area contributed by atoms with Crippen molar-refractivity contribution in [2.45, 2.75) is 88.8 Å². The van der Waals surface area contributed by atoms with E-state index < -0.39 is 33.9 Å². The molecule has 0 aromatic heterocycles. The molecule has 0 bridgehead atoms. The van der Waals surface area contributed by atoms with Crippen LogP contribution in [0.1, 0.15) is 111 Å². The molecule has 4 atom stereocenters. The molecule has 0 spiro atoms. The fourth-order valence-corrected chi connectivity index (χ4v) is 11.4. The molecule has 10 nitrogen and oxygen atoms in total. The van der Waals surface area contributed by atoms with Gasteiger partial charge in [0.25, 0.3) is 0 Å². The van der Waals surface area contributed by atoms with Gasteiger partial charge in [-0.25, -0.2) is 27.5 Å². The summed E-state index contributed by atoms with van der Waals surface area (Å²) < 4.78 is 32.8. The average molecular weight is 1050 g/mol. The van der Waals surface area contributed by atoms with Gasteiger partial charge in [-0.1, -0.05) is 96.0 Å². The molecule has 0 aliphatic carbocycles. The van der Waals surface area contributed by atoms with Crippen molar-refractivity contribution < 1.29 is 28.2 Å². The molecule has 6 aromatic carbocycles. The number of aromatic carboxylic acids is 2. The second-order valence-electron chi connectivity index (χ2n) is 20.5. The Morgan fingerprint density at radius 1 is 0.500 bits per heavy atom. The van der Waals surface area contributed by atoms with Crippen LogP contribution in [0.25, 0.3) is 22.3 Å². The number of hydrogen-bond acceptors (Lipinski definition) is 6. The van der Waals surface area contributed by atoms with Crippen molar-refractivity contribution in [3.63, 3.8) is 0 Å². The van der Waals surface area contributed by atoms with E-state index in [0.29, 0.717) is 33.0 Å². The molecular weight excluding hydrogens is 984 g/mol. The summed E-state index contributed by atoms with van der Waals surface area (Å²) in [6, 6.07) is 46.4. The monoisotopic (exact) mass is 1050 g/mol. The summed E-state index contributed by atoms with van der Waals surface area (Å²) in [5.74, 6) is -1.25. The standard InChI is InChI=1S/2C29H33ClN2O3S/c2*1-29(2,3)36(35)31-27(26-7-5-4-6-25(26)20-8-12-23(30)13-9-20)21-16-18-32(19-17-21)24-14-10-22(11-15-24)28(33)34/h2*4-15,21,27,31H,16-19H2,1-3H3,(H,33,34)/t2*27-,36?/m10/s1. The van der Waals surface area contributed by atoms with Crippen LogP contribution >= 0.6 is 23.2 Å². The van der Waals surface area contributed by atoms with Crippen molar-refractivity contribution in [3.8, 4) is 22.3 Å². The van der Waals surface area contributed by atoms with Gasteiger partial charge in [0.1, 0.15) is 0 Å². The van der Waals surface area contributed by atoms with Crippen LogP contribution in [-0.2, 0) is 22.0 Å². The van der Waals surface area contributed by atoms with Crippen molar-refractivity contribution in [2.75, 3.05) is 36.0 Å². The summed E-state index contributed by atoms with van der Waals surface area (Å²) >= 11 is 12.3. The lowest BCUT2D eigenvalue weighted by Gasteiger charge is -2.39. The number of nitrogens with one attached hydrogen (secondary N) is 2. The zero-order chi connectivity index (χ0) is 51.7. The molecule has 2 aliphatic rings. The molecular formula is C58H66Cl2N4O6S2. The summed E-state index contributed by atoms with van der Waals surface area (Å²) in [5.41, 5.74) is 9.32. The van der Waals surface area contributed by atoms with Crippen LogP contribution < -0.4 is 19.2 Å². The van der Waals surface area contributed by atoms with Crippen molar-refractivity contribution in [3.05, 3.63) is 178 Å². The highest BCUT2D eigenvalue weighted by Gasteiger charge is 2.35. The Kier molecular flexibility index (Phi) is 18.2. The third kappa shape index (κ3) is 14.0. The topological polar surface area (TPSA) is 139 Å². The van der Waals surface area contributed by atoms with E-state index in [1.807, 2.05) is 139 Å². The quantitative estimate of drug-likeness (QED) is 0.0846. The van der Waals surface area contributed by atoms with Gasteiger partial charge in [-0.05, 0) is 185 Å². The predicted molar refractivity (Wildman–Crippen MR) is 298 cm³/mol. The van der Waals surface area contributed by atoms with Gasteiger partial charge < -0.3 is 20.0 Å². The zero-order valence-electron chi connectivity index (χ0n) is 41.8. The van der Waals surface area contributed by atoms with E-state index >= 15 is 0 Å². The van der Waals surface area contributed by atoms with Gasteiger partial charge in [0.2, 0.25) is 0 Å².